The van der Waals surface area contributed by atoms with Gasteiger partial charge in [-0.3, -0.25) is 4.79 Å². The lowest BCUT2D eigenvalue weighted by Gasteiger charge is -2.36. The average Bonchev–Trinajstić information content (AvgIpc) is 2.70. The van der Waals surface area contributed by atoms with E-state index in [-0.39, 0.29) is 10.9 Å². The van der Waals surface area contributed by atoms with Crippen molar-refractivity contribution in [3.8, 4) is 5.75 Å². The van der Waals surface area contributed by atoms with Crippen LogP contribution in [0.3, 0.4) is 0 Å². The number of amides is 1. The molecule has 0 unspecified atom stereocenters. The third kappa shape index (κ3) is 6.06. The normalized spacial score (nSPS) is 15.9. The summed E-state index contributed by atoms with van der Waals surface area (Å²) >= 11 is 11.7. The highest BCUT2D eigenvalue weighted by atomic mass is 35.5. The van der Waals surface area contributed by atoms with Gasteiger partial charge in [0.1, 0.15) is 17.2 Å². The zero-order chi connectivity index (χ0) is 20.9. The second-order valence-corrected chi connectivity index (χ2v) is 8.18. The molecule has 0 aliphatic carbocycles. The summed E-state index contributed by atoms with van der Waals surface area (Å²) in [5, 5.41) is 0.530. The quantitative estimate of drug-likeness (QED) is 0.470. The summed E-state index contributed by atoms with van der Waals surface area (Å²) in [5.74, 6) is -0.104. The minimum absolute atomic E-state index is 0.0901. The molecule has 156 valence electrons. The van der Waals surface area contributed by atoms with Crippen LogP contribution < -0.4 is 4.74 Å². The molecule has 1 aliphatic heterocycles. The van der Waals surface area contributed by atoms with Gasteiger partial charge >= 0.3 is 0 Å². The number of nitrogens with zero attached hydrogens (tertiary/aromatic N) is 1. The molecule has 0 atom stereocenters. The third-order valence-electron chi connectivity index (χ3n) is 5.20. The number of hydrogen-bond acceptors (Lipinski definition) is 2. The highest BCUT2D eigenvalue weighted by Gasteiger charge is 2.35. The Bertz CT molecular complexity index is 854. The predicted molar refractivity (Wildman–Crippen MR) is 111 cm³/mol. The van der Waals surface area contributed by atoms with Crippen molar-refractivity contribution in [2.45, 2.75) is 37.8 Å². The molecule has 0 saturated carbocycles. The van der Waals surface area contributed by atoms with Crippen molar-refractivity contribution in [3.05, 3.63) is 63.9 Å². The zero-order valence-electron chi connectivity index (χ0n) is 16.0. The van der Waals surface area contributed by atoms with Gasteiger partial charge in [0, 0.05) is 23.7 Å². The summed E-state index contributed by atoms with van der Waals surface area (Å²) < 4.78 is 34.0. The fraction of sp³-hybridized carbons (Fsp3) is 0.409. The number of alkyl halides is 1. The largest absolute Gasteiger partial charge is 0.494 e. The van der Waals surface area contributed by atoms with E-state index < -0.39 is 11.5 Å². The van der Waals surface area contributed by atoms with E-state index in [9.17, 15) is 9.18 Å². The Kier molecular flexibility index (Phi) is 7.36. The van der Waals surface area contributed by atoms with E-state index in [2.05, 4.69) is 0 Å². The summed E-state index contributed by atoms with van der Waals surface area (Å²) in [6.45, 7) is 1.18. The number of halogens is 4. The monoisotopic (exact) mass is 441 g/mol. The summed E-state index contributed by atoms with van der Waals surface area (Å²) in [7, 11) is 0. The van der Waals surface area contributed by atoms with Crippen LogP contribution in [-0.4, -0.2) is 36.2 Å². The third-order valence-corrected chi connectivity index (χ3v) is 5.72. The van der Waals surface area contributed by atoms with Crippen molar-refractivity contribution < 1.29 is 18.3 Å². The Labute approximate surface area is 179 Å². The maximum atomic E-state index is 15.1. The first-order valence-electron chi connectivity index (χ1n) is 9.68. The van der Waals surface area contributed by atoms with Crippen LogP contribution in [0.1, 0.15) is 42.5 Å². The molecule has 2 aromatic rings. The molecule has 3 nitrogen and oxygen atoms in total. The summed E-state index contributed by atoms with van der Waals surface area (Å²) in [5.41, 5.74) is -0.950. The van der Waals surface area contributed by atoms with Crippen LogP contribution >= 0.6 is 23.2 Å². The smallest absolute Gasteiger partial charge is 0.253 e. The maximum Gasteiger partial charge on any atom is 0.253 e. The number of rotatable bonds is 7. The standard InChI is InChI=1S/C22H23Cl2F2NO2/c23-17-4-3-5-18(15-17)29-13-2-1-8-22(26)9-11-27(12-10-22)21(28)16-6-7-20(25)19(24)14-16/h3-7,14-15H,1-2,8-13H2. The molecule has 1 heterocycles. The second kappa shape index (κ2) is 9.77. The summed E-state index contributed by atoms with van der Waals surface area (Å²) in [4.78, 5) is 14.1. The minimum atomic E-state index is -1.27. The Morgan fingerprint density at radius 2 is 1.86 bits per heavy atom. The SMILES string of the molecule is O=C(c1ccc(F)c(Cl)c1)N1CCC(F)(CCCCOc2cccc(Cl)c2)CC1. The van der Waals surface area contributed by atoms with Gasteiger partial charge in [0.2, 0.25) is 0 Å². The van der Waals surface area contributed by atoms with Crippen LogP contribution in [0.25, 0.3) is 0 Å². The Hall–Kier alpha value is -1.85. The average molecular weight is 442 g/mol. The first-order valence-corrected chi connectivity index (χ1v) is 10.4. The molecule has 0 bridgehead atoms. The zero-order valence-corrected chi connectivity index (χ0v) is 17.5. The minimum Gasteiger partial charge on any atom is -0.494 e. The first kappa shape index (κ1) is 21.8. The molecule has 1 saturated heterocycles. The van der Waals surface area contributed by atoms with Crippen LogP contribution in [0, 0.1) is 5.82 Å². The Morgan fingerprint density at radius 1 is 1.10 bits per heavy atom. The Balaban J connectivity index is 1.40. The van der Waals surface area contributed by atoms with Crippen LogP contribution in [0.4, 0.5) is 8.78 Å². The van der Waals surface area contributed by atoms with Crippen molar-refractivity contribution in [1.29, 1.82) is 0 Å². The van der Waals surface area contributed by atoms with Gasteiger partial charge in [-0.05, 0) is 68.5 Å². The fourth-order valence-corrected chi connectivity index (χ4v) is 3.82. The van der Waals surface area contributed by atoms with E-state index in [1.807, 2.05) is 12.1 Å². The summed E-state index contributed by atoms with van der Waals surface area (Å²) in [6, 6.07) is 11.1. The number of hydrogen-bond donors (Lipinski definition) is 0. The molecule has 29 heavy (non-hydrogen) atoms. The highest BCUT2D eigenvalue weighted by Crippen LogP contribution is 2.32. The molecule has 1 aliphatic rings. The van der Waals surface area contributed by atoms with Gasteiger partial charge in [0.25, 0.3) is 5.91 Å². The van der Waals surface area contributed by atoms with Crippen LogP contribution in [-0.2, 0) is 0 Å². The lowest BCUT2D eigenvalue weighted by atomic mass is 9.88. The molecule has 7 heteroatoms. The molecular formula is C22H23Cl2F2NO2. The van der Waals surface area contributed by atoms with E-state index in [1.54, 1.807) is 17.0 Å². The van der Waals surface area contributed by atoms with Crippen LogP contribution in [0.5, 0.6) is 5.75 Å². The van der Waals surface area contributed by atoms with Gasteiger partial charge < -0.3 is 9.64 Å². The molecule has 0 aromatic heterocycles. The van der Waals surface area contributed by atoms with Crippen molar-refractivity contribution in [3.63, 3.8) is 0 Å². The van der Waals surface area contributed by atoms with Crippen molar-refractivity contribution in [2.75, 3.05) is 19.7 Å². The molecule has 0 N–H and O–H groups in total. The van der Waals surface area contributed by atoms with Crippen LogP contribution in [0.15, 0.2) is 42.5 Å². The van der Waals surface area contributed by atoms with Gasteiger partial charge in [-0.15, -0.1) is 0 Å². The van der Waals surface area contributed by atoms with E-state index >= 15 is 4.39 Å². The fourth-order valence-electron chi connectivity index (χ4n) is 3.46. The molecule has 2 aromatic carbocycles. The van der Waals surface area contributed by atoms with Gasteiger partial charge in [-0.2, -0.15) is 0 Å². The van der Waals surface area contributed by atoms with E-state index in [4.69, 9.17) is 27.9 Å². The summed E-state index contributed by atoms with van der Waals surface area (Å²) in [6.07, 6.45) is 2.48. The molecule has 0 spiro atoms. The maximum absolute atomic E-state index is 15.1. The van der Waals surface area contributed by atoms with E-state index in [0.717, 1.165) is 6.42 Å². The number of carbonyl (C=O) groups excluding carboxylic acids is 1. The number of unbranched alkanes of at least 4 members (excludes halogenated alkanes) is 1. The lowest BCUT2D eigenvalue weighted by Crippen LogP contribution is -2.44. The number of ether oxygens (including phenoxy) is 1. The predicted octanol–water partition coefficient (Wildman–Crippen LogP) is 6.33. The highest BCUT2D eigenvalue weighted by molar-refractivity contribution is 6.31. The number of piperidine rings is 1. The molecule has 1 fully saturated rings. The van der Waals surface area contributed by atoms with Crippen LogP contribution in [0.2, 0.25) is 10.0 Å². The van der Waals surface area contributed by atoms with Gasteiger partial charge in [0.05, 0.1) is 11.6 Å². The number of likely N-dealkylation sites (tertiary alicyclic amines) is 1. The van der Waals surface area contributed by atoms with Crippen molar-refractivity contribution >= 4 is 29.1 Å². The van der Waals surface area contributed by atoms with E-state index in [0.29, 0.717) is 61.7 Å². The van der Waals surface area contributed by atoms with Gasteiger partial charge in [-0.1, -0.05) is 29.3 Å². The van der Waals surface area contributed by atoms with Crippen molar-refractivity contribution in [2.24, 2.45) is 0 Å². The number of carbonyl (C=O) groups is 1. The first-order chi connectivity index (χ1) is 13.9. The lowest BCUT2D eigenvalue weighted by molar-refractivity contribution is 0.0382. The van der Waals surface area contributed by atoms with Crippen molar-refractivity contribution in [1.82, 2.24) is 4.90 Å². The van der Waals surface area contributed by atoms with E-state index in [1.165, 1.54) is 18.2 Å². The van der Waals surface area contributed by atoms with Gasteiger partial charge in [-0.25, -0.2) is 8.78 Å². The second-order valence-electron chi connectivity index (χ2n) is 7.33. The molecule has 1 amide bonds. The Morgan fingerprint density at radius 3 is 2.55 bits per heavy atom. The molecule has 0 radical (unpaired) electrons. The topological polar surface area (TPSA) is 29.5 Å². The molecule has 3 rings (SSSR count). The number of benzene rings is 2. The van der Waals surface area contributed by atoms with Gasteiger partial charge in [0.15, 0.2) is 0 Å². The molecular weight excluding hydrogens is 419 g/mol.